The molecule has 2 aliphatic rings. The number of nitrogens with zero attached hydrogens (tertiary/aromatic N) is 1. The van der Waals surface area contributed by atoms with Crippen molar-refractivity contribution in [3.05, 3.63) is 0 Å². The second kappa shape index (κ2) is 7.61. The van der Waals surface area contributed by atoms with Crippen molar-refractivity contribution in [2.75, 3.05) is 26.2 Å². The summed E-state index contributed by atoms with van der Waals surface area (Å²) in [4.78, 5) is 2.41. The maximum absolute atomic E-state index is 10.1. The molecule has 1 saturated carbocycles. The zero-order chi connectivity index (χ0) is 13.7. The van der Waals surface area contributed by atoms with Crippen LogP contribution in [-0.4, -0.2) is 48.5 Å². The van der Waals surface area contributed by atoms with E-state index in [1.54, 1.807) is 0 Å². The minimum Gasteiger partial charge on any atom is -0.389 e. The Bertz CT molecular complexity index is 243. The Morgan fingerprint density at radius 1 is 1.11 bits per heavy atom. The summed E-state index contributed by atoms with van der Waals surface area (Å²) < 4.78 is 5.86. The first kappa shape index (κ1) is 15.3. The van der Waals surface area contributed by atoms with Crippen LogP contribution in [0.15, 0.2) is 0 Å². The first-order chi connectivity index (χ1) is 9.13. The van der Waals surface area contributed by atoms with Gasteiger partial charge in [0.25, 0.3) is 0 Å². The summed E-state index contributed by atoms with van der Waals surface area (Å²) >= 11 is 0. The van der Waals surface area contributed by atoms with E-state index in [4.69, 9.17) is 4.74 Å². The lowest BCUT2D eigenvalue weighted by atomic mass is 9.92. The number of β-amino-alcohol motifs (C(OH)–C–C–N with tert-alkyl or cyclic N) is 1. The van der Waals surface area contributed by atoms with E-state index in [1.807, 2.05) is 0 Å². The van der Waals surface area contributed by atoms with Crippen molar-refractivity contribution in [1.82, 2.24) is 4.90 Å². The highest BCUT2D eigenvalue weighted by molar-refractivity contribution is 4.77. The maximum atomic E-state index is 10.1. The summed E-state index contributed by atoms with van der Waals surface area (Å²) in [5, 5.41) is 10.1. The van der Waals surface area contributed by atoms with E-state index in [0.29, 0.717) is 12.7 Å². The van der Waals surface area contributed by atoms with Crippen LogP contribution in [0.25, 0.3) is 0 Å². The smallest absolute Gasteiger partial charge is 0.0900 e. The average molecular weight is 269 g/mol. The second-order valence-electron chi connectivity index (χ2n) is 6.91. The molecule has 3 atom stereocenters. The van der Waals surface area contributed by atoms with E-state index in [9.17, 15) is 5.11 Å². The van der Waals surface area contributed by atoms with Gasteiger partial charge in [-0.3, -0.25) is 0 Å². The molecule has 0 unspecified atom stereocenters. The van der Waals surface area contributed by atoms with Gasteiger partial charge in [0.05, 0.1) is 18.8 Å². The van der Waals surface area contributed by atoms with E-state index in [1.165, 1.54) is 38.5 Å². The van der Waals surface area contributed by atoms with Gasteiger partial charge in [0, 0.05) is 19.6 Å². The van der Waals surface area contributed by atoms with Crippen molar-refractivity contribution >= 4 is 0 Å². The number of rotatable bonds is 5. The molecule has 0 radical (unpaired) electrons. The first-order valence-electron chi connectivity index (χ1n) is 8.15. The third-order valence-corrected chi connectivity index (χ3v) is 4.49. The molecule has 112 valence electrons. The van der Waals surface area contributed by atoms with Crippen LogP contribution >= 0.6 is 0 Å². The van der Waals surface area contributed by atoms with E-state index in [-0.39, 0.29) is 6.10 Å². The van der Waals surface area contributed by atoms with Gasteiger partial charge in [0.2, 0.25) is 0 Å². The monoisotopic (exact) mass is 269 g/mol. The summed E-state index contributed by atoms with van der Waals surface area (Å²) in [6.07, 6.45) is 7.72. The van der Waals surface area contributed by atoms with Gasteiger partial charge in [-0.1, -0.05) is 33.1 Å². The third-order valence-electron chi connectivity index (χ3n) is 4.49. The van der Waals surface area contributed by atoms with E-state index in [2.05, 4.69) is 18.7 Å². The quantitative estimate of drug-likeness (QED) is 0.833. The standard InChI is InChI=1S/C16H31NO2/c1-13-8-14(2)10-17(9-13)11-15(18)12-19-16-6-4-3-5-7-16/h13-16,18H,3-12H2,1-2H3/t13-,14+,15-/m1/s1. The van der Waals surface area contributed by atoms with Crippen molar-refractivity contribution in [2.24, 2.45) is 11.8 Å². The molecule has 1 heterocycles. The minimum absolute atomic E-state index is 0.320. The fourth-order valence-electron chi connectivity index (χ4n) is 3.77. The highest BCUT2D eigenvalue weighted by atomic mass is 16.5. The predicted octanol–water partition coefficient (Wildman–Crippen LogP) is 2.67. The van der Waals surface area contributed by atoms with Gasteiger partial charge in [0.15, 0.2) is 0 Å². The molecule has 0 amide bonds. The van der Waals surface area contributed by atoms with Crippen LogP contribution in [0.2, 0.25) is 0 Å². The summed E-state index contributed by atoms with van der Waals surface area (Å²) in [6, 6.07) is 0. The van der Waals surface area contributed by atoms with Gasteiger partial charge in [-0.2, -0.15) is 0 Å². The number of aliphatic hydroxyl groups is 1. The molecule has 19 heavy (non-hydrogen) atoms. The molecular formula is C16H31NO2. The molecule has 0 aromatic carbocycles. The number of piperidine rings is 1. The lowest BCUT2D eigenvalue weighted by molar-refractivity contribution is -0.0382. The summed E-state index contributed by atoms with van der Waals surface area (Å²) in [7, 11) is 0. The van der Waals surface area contributed by atoms with Crippen molar-refractivity contribution < 1.29 is 9.84 Å². The Morgan fingerprint density at radius 3 is 2.37 bits per heavy atom. The van der Waals surface area contributed by atoms with Crippen LogP contribution in [0, 0.1) is 11.8 Å². The van der Waals surface area contributed by atoms with Gasteiger partial charge in [-0.15, -0.1) is 0 Å². The summed E-state index contributed by atoms with van der Waals surface area (Å²) in [5.74, 6) is 1.52. The molecule has 0 bridgehead atoms. The molecule has 2 rings (SSSR count). The normalized spacial score (nSPS) is 32.4. The third kappa shape index (κ3) is 5.41. The van der Waals surface area contributed by atoms with Crippen molar-refractivity contribution in [2.45, 2.75) is 64.6 Å². The molecular weight excluding hydrogens is 238 g/mol. The van der Waals surface area contributed by atoms with E-state index < -0.39 is 0 Å². The SMILES string of the molecule is C[C@@H]1C[C@H](C)CN(C[C@@H](O)COC2CCCCC2)C1. The summed E-state index contributed by atoms with van der Waals surface area (Å²) in [6.45, 7) is 8.18. The van der Waals surface area contributed by atoms with Gasteiger partial charge >= 0.3 is 0 Å². The lowest BCUT2D eigenvalue weighted by Crippen LogP contribution is -2.44. The van der Waals surface area contributed by atoms with Crippen LogP contribution < -0.4 is 0 Å². The Labute approximate surface area is 118 Å². The van der Waals surface area contributed by atoms with E-state index >= 15 is 0 Å². The minimum atomic E-state index is -0.320. The molecule has 3 nitrogen and oxygen atoms in total. The number of likely N-dealkylation sites (tertiary alicyclic amines) is 1. The number of ether oxygens (including phenoxy) is 1. The summed E-state index contributed by atoms with van der Waals surface area (Å²) in [5.41, 5.74) is 0. The van der Waals surface area contributed by atoms with Crippen LogP contribution in [0.3, 0.4) is 0 Å². The number of aliphatic hydroxyl groups excluding tert-OH is 1. The van der Waals surface area contributed by atoms with Crippen LogP contribution in [0.1, 0.15) is 52.4 Å². The van der Waals surface area contributed by atoms with Crippen LogP contribution in [-0.2, 0) is 4.74 Å². The predicted molar refractivity (Wildman–Crippen MR) is 78.2 cm³/mol. The Hall–Kier alpha value is -0.120. The molecule has 0 spiro atoms. The Balaban J connectivity index is 1.64. The van der Waals surface area contributed by atoms with Gasteiger partial charge in [0.1, 0.15) is 0 Å². The first-order valence-corrected chi connectivity index (χ1v) is 8.15. The molecule has 0 aromatic heterocycles. The zero-order valence-corrected chi connectivity index (χ0v) is 12.7. The largest absolute Gasteiger partial charge is 0.389 e. The number of hydrogen-bond donors (Lipinski definition) is 1. The van der Waals surface area contributed by atoms with Crippen LogP contribution in [0.4, 0.5) is 0 Å². The average Bonchev–Trinajstić information content (AvgIpc) is 2.36. The zero-order valence-electron chi connectivity index (χ0n) is 12.7. The maximum Gasteiger partial charge on any atom is 0.0900 e. The molecule has 0 aromatic rings. The fourth-order valence-corrected chi connectivity index (χ4v) is 3.77. The Morgan fingerprint density at radius 2 is 1.74 bits per heavy atom. The van der Waals surface area contributed by atoms with Crippen molar-refractivity contribution in [3.63, 3.8) is 0 Å². The van der Waals surface area contributed by atoms with Gasteiger partial charge in [-0.25, -0.2) is 0 Å². The molecule has 3 heteroatoms. The highest BCUT2D eigenvalue weighted by Crippen LogP contribution is 2.22. The number of hydrogen-bond acceptors (Lipinski definition) is 3. The Kier molecular flexibility index (Phi) is 6.11. The molecule has 1 saturated heterocycles. The van der Waals surface area contributed by atoms with E-state index in [0.717, 1.165) is 31.5 Å². The van der Waals surface area contributed by atoms with Crippen molar-refractivity contribution in [3.8, 4) is 0 Å². The van der Waals surface area contributed by atoms with Crippen molar-refractivity contribution in [1.29, 1.82) is 0 Å². The fraction of sp³-hybridized carbons (Fsp3) is 1.00. The van der Waals surface area contributed by atoms with Gasteiger partial charge < -0.3 is 14.7 Å². The van der Waals surface area contributed by atoms with Crippen LogP contribution in [0.5, 0.6) is 0 Å². The lowest BCUT2D eigenvalue weighted by Gasteiger charge is -2.36. The second-order valence-corrected chi connectivity index (χ2v) is 6.91. The molecule has 2 fully saturated rings. The van der Waals surface area contributed by atoms with Gasteiger partial charge in [-0.05, 0) is 31.1 Å². The topological polar surface area (TPSA) is 32.7 Å². The molecule has 1 N–H and O–H groups in total. The molecule has 1 aliphatic carbocycles. The highest BCUT2D eigenvalue weighted by Gasteiger charge is 2.24. The molecule has 1 aliphatic heterocycles.